The number of carbonyl (C=O) groups is 2. The molecule has 1 aromatic rings. The van der Waals surface area contributed by atoms with E-state index < -0.39 is 5.97 Å². The van der Waals surface area contributed by atoms with Crippen molar-refractivity contribution in [2.24, 2.45) is 0 Å². The Morgan fingerprint density at radius 2 is 1.88 bits per heavy atom. The molecule has 0 aromatic heterocycles. The van der Waals surface area contributed by atoms with Crippen LogP contribution in [-0.2, 0) is 4.79 Å². The van der Waals surface area contributed by atoms with Gasteiger partial charge in [0.25, 0.3) is 5.91 Å². The van der Waals surface area contributed by atoms with E-state index in [-0.39, 0.29) is 17.9 Å². The molecule has 0 aliphatic heterocycles. The molecule has 2 rings (SSSR count). The maximum absolute atomic E-state index is 13.3. The zero-order valence-electron chi connectivity index (χ0n) is 15.0. The molecule has 0 heterocycles. The molecule has 1 saturated carbocycles. The number of carbonyl (C=O) groups excluding carboxylic acids is 1. The van der Waals surface area contributed by atoms with Crippen molar-refractivity contribution in [3.63, 3.8) is 0 Å². The van der Waals surface area contributed by atoms with Crippen molar-refractivity contribution >= 4 is 23.5 Å². The Morgan fingerprint density at radius 3 is 2.48 bits per heavy atom. The third-order valence-electron chi connectivity index (χ3n) is 5.19. The summed E-state index contributed by atoms with van der Waals surface area (Å²) in [6.45, 7) is 2.61. The van der Waals surface area contributed by atoms with Gasteiger partial charge in [-0.15, -0.1) is 0 Å². The summed E-state index contributed by atoms with van der Waals surface area (Å²) in [5.41, 5.74) is 0.349. The van der Waals surface area contributed by atoms with Crippen LogP contribution in [0.2, 0.25) is 5.02 Å². The van der Waals surface area contributed by atoms with Crippen LogP contribution < -0.4 is 0 Å². The highest BCUT2D eigenvalue weighted by Gasteiger charge is 2.40. The molecule has 1 N–H and O–H groups in total. The number of nitrogens with zero attached hydrogens (tertiary/aromatic N) is 1. The quantitative estimate of drug-likeness (QED) is 0.693. The van der Waals surface area contributed by atoms with E-state index in [9.17, 15) is 9.59 Å². The van der Waals surface area contributed by atoms with E-state index in [4.69, 9.17) is 16.7 Å². The third-order valence-corrected chi connectivity index (χ3v) is 5.52. The van der Waals surface area contributed by atoms with Crippen LogP contribution in [0.4, 0.5) is 0 Å². The summed E-state index contributed by atoms with van der Waals surface area (Å²) >= 11 is 6.27. The Bertz CT molecular complexity index is 591. The van der Waals surface area contributed by atoms with Crippen molar-refractivity contribution < 1.29 is 14.7 Å². The molecular weight excluding hydrogens is 338 g/mol. The van der Waals surface area contributed by atoms with Crippen LogP contribution >= 0.6 is 11.6 Å². The lowest BCUT2D eigenvalue weighted by molar-refractivity contribution is -0.137. The molecule has 25 heavy (non-hydrogen) atoms. The lowest BCUT2D eigenvalue weighted by Gasteiger charge is -2.47. The first-order valence-electron chi connectivity index (χ1n) is 9.28. The maximum Gasteiger partial charge on any atom is 0.303 e. The first kappa shape index (κ1) is 19.8. The molecule has 1 fully saturated rings. The van der Waals surface area contributed by atoms with E-state index >= 15 is 0 Å². The van der Waals surface area contributed by atoms with Gasteiger partial charge in [-0.05, 0) is 37.8 Å². The molecule has 0 unspecified atom stereocenters. The van der Waals surface area contributed by atoms with Gasteiger partial charge in [-0.25, -0.2) is 0 Å². The largest absolute Gasteiger partial charge is 0.481 e. The van der Waals surface area contributed by atoms with E-state index in [0.717, 1.165) is 38.5 Å². The standard InChI is InChI=1S/C20H28ClNO3/c1-2-12-20(13-6-3-7-14-20)22(15-8-11-18(23)24)19(25)16-9-4-5-10-17(16)21/h4-5,9-10H,2-3,6-8,11-15H2,1H3,(H,23,24). The second-order valence-electron chi connectivity index (χ2n) is 6.97. The summed E-state index contributed by atoms with van der Waals surface area (Å²) in [4.78, 5) is 26.2. The van der Waals surface area contributed by atoms with Crippen molar-refractivity contribution in [2.75, 3.05) is 6.54 Å². The summed E-state index contributed by atoms with van der Waals surface area (Å²) in [7, 11) is 0. The van der Waals surface area contributed by atoms with Crippen LogP contribution in [0, 0.1) is 0 Å². The van der Waals surface area contributed by atoms with Gasteiger partial charge in [-0.2, -0.15) is 0 Å². The lowest BCUT2D eigenvalue weighted by Crippen LogP contribution is -2.53. The van der Waals surface area contributed by atoms with Gasteiger partial charge in [0.05, 0.1) is 10.6 Å². The van der Waals surface area contributed by atoms with Crippen LogP contribution in [0.1, 0.15) is 75.1 Å². The fourth-order valence-electron chi connectivity index (χ4n) is 4.05. The molecule has 0 spiro atoms. The minimum atomic E-state index is -0.821. The second kappa shape index (κ2) is 9.23. The predicted octanol–water partition coefficient (Wildman–Crippen LogP) is 5.15. The molecule has 1 amide bonds. The number of benzene rings is 1. The SMILES string of the molecule is CCCC1(N(CCCC(=O)O)C(=O)c2ccccc2Cl)CCCCC1. The molecule has 0 atom stereocenters. The number of amides is 1. The molecular formula is C20H28ClNO3. The van der Waals surface area contributed by atoms with Crippen LogP contribution in [-0.4, -0.2) is 34.0 Å². The minimum Gasteiger partial charge on any atom is -0.481 e. The number of hydrogen-bond donors (Lipinski definition) is 1. The fourth-order valence-corrected chi connectivity index (χ4v) is 4.27. The Hall–Kier alpha value is -1.55. The molecule has 0 radical (unpaired) electrons. The Labute approximate surface area is 155 Å². The molecule has 138 valence electrons. The molecule has 1 aliphatic rings. The fraction of sp³-hybridized carbons (Fsp3) is 0.600. The first-order chi connectivity index (χ1) is 12.0. The van der Waals surface area contributed by atoms with Gasteiger partial charge in [0.15, 0.2) is 0 Å². The van der Waals surface area contributed by atoms with Gasteiger partial charge in [-0.1, -0.05) is 56.3 Å². The van der Waals surface area contributed by atoms with E-state index in [2.05, 4.69) is 6.92 Å². The van der Waals surface area contributed by atoms with Gasteiger partial charge in [0, 0.05) is 18.5 Å². The van der Waals surface area contributed by atoms with Crippen molar-refractivity contribution in [1.29, 1.82) is 0 Å². The monoisotopic (exact) mass is 365 g/mol. The smallest absolute Gasteiger partial charge is 0.303 e. The number of rotatable bonds is 8. The Morgan fingerprint density at radius 1 is 1.20 bits per heavy atom. The number of aliphatic carboxylic acids is 1. The highest BCUT2D eigenvalue weighted by Crippen LogP contribution is 2.39. The van der Waals surface area contributed by atoms with Gasteiger partial charge in [0.2, 0.25) is 0 Å². The average Bonchev–Trinajstić information content (AvgIpc) is 2.59. The van der Waals surface area contributed by atoms with E-state index in [1.807, 2.05) is 17.0 Å². The Balaban J connectivity index is 2.32. The van der Waals surface area contributed by atoms with Crippen molar-refractivity contribution in [2.45, 2.75) is 70.3 Å². The summed E-state index contributed by atoms with van der Waals surface area (Å²) in [5.74, 6) is -0.885. The summed E-state index contributed by atoms with van der Waals surface area (Å²) < 4.78 is 0. The number of carboxylic acid groups (broad SMARTS) is 1. The lowest BCUT2D eigenvalue weighted by atomic mass is 9.76. The van der Waals surface area contributed by atoms with E-state index in [0.29, 0.717) is 23.6 Å². The van der Waals surface area contributed by atoms with Crippen LogP contribution in [0.25, 0.3) is 0 Å². The molecule has 4 nitrogen and oxygen atoms in total. The van der Waals surface area contributed by atoms with Gasteiger partial charge in [-0.3, -0.25) is 9.59 Å². The number of hydrogen-bond acceptors (Lipinski definition) is 2. The molecule has 0 saturated heterocycles. The normalized spacial score (nSPS) is 16.4. The molecule has 1 aromatic carbocycles. The van der Waals surface area contributed by atoms with Crippen LogP contribution in [0.15, 0.2) is 24.3 Å². The topological polar surface area (TPSA) is 57.6 Å². The summed E-state index contributed by atoms with van der Waals surface area (Å²) in [6, 6.07) is 7.13. The summed E-state index contributed by atoms with van der Waals surface area (Å²) in [5, 5.41) is 9.44. The zero-order valence-corrected chi connectivity index (χ0v) is 15.7. The molecule has 1 aliphatic carbocycles. The van der Waals surface area contributed by atoms with E-state index in [1.54, 1.807) is 12.1 Å². The van der Waals surface area contributed by atoms with Crippen molar-refractivity contribution in [3.05, 3.63) is 34.9 Å². The van der Waals surface area contributed by atoms with Crippen molar-refractivity contribution in [3.8, 4) is 0 Å². The van der Waals surface area contributed by atoms with Crippen molar-refractivity contribution in [1.82, 2.24) is 4.90 Å². The molecule has 5 heteroatoms. The summed E-state index contributed by atoms with van der Waals surface area (Å²) in [6.07, 6.45) is 7.92. The highest BCUT2D eigenvalue weighted by atomic mass is 35.5. The third kappa shape index (κ3) is 4.97. The number of halogens is 1. The average molecular weight is 366 g/mol. The zero-order chi connectivity index (χ0) is 18.3. The van der Waals surface area contributed by atoms with Crippen LogP contribution in [0.5, 0.6) is 0 Å². The predicted molar refractivity (Wildman–Crippen MR) is 100 cm³/mol. The highest BCUT2D eigenvalue weighted by molar-refractivity contribution is 6.33. The molecule has 0 bridgehead atoms. The van der Waals surface area contributed by atoms with Gasteiger partial charge >= 0.3 is 5.97 Å². The number of carboxylic acids is 1. The van der Waals surface area contributed by atoms with E-state index in [1.165, 1.54) is 6.42 Å². The van der Waals surface area contributed by atoms with Gasteiger partial charge < -0.3 is 10.0 Å². The second-order valence-corrected chi connectivity index (χ2v) is 7.38. The van der Waals surface area contributed by atoms with Gasteiger partial charge in [0.1, 0.15) is 0 Å². The minimum absolute atomic E-state index is 0.0636. The Kier molecular flexibility index (Phi) is 7.30. The maximum atomic E-state index is 13.3. The van der Waals surface area contributed by atoms with Crippen LogP contribution in [0.3, 0.4) is 0 Å². The first-order valence-corrected chi connectivity index (χ1v) is 9.66.